The molecule has 0 aliphatic carbocycles. The fourth-order valence-corrected chi connectivity index (χ4v) is 3.28. The van der Waals surface area contributed by atoms with Gasteiger partial charge in [0.15, 0.2) is 6.61 Å². The predicted molar refractivity (Wildman–Crippen MR) is 89.4 cm³/mol. The van der Waals surface area contributed by atoms with Crippen LogP contribution in [0.4, 0.5) is 17.6 Å². The van der Waals surface area contributed by atoms with Crippen molar-refractivity contribution in [2.24, 2.45) is 0 Å². The van der Waals surface area contributed by atoms with Crippen molar-refractivity contribution in [3.05, 3.63) is 23.9 Å². The molecular formula is C17H22F4N4O2. The summed E-state index contributed by atoms with van der Waals surface area (Å²) in [4.78, 5) is 20.5. The maximum Gasteiger partial charge on any atom is 0.340 e. The second-order valence-corrected chi connectivity index (χ2v) is 6.72. The first-order valence-corrected chi connectivity index (χ1v) is 8.86. The van der Waals surface area contributed by atoms with Gasteiger partial charge in [-0.2, -0.15) is 8.78 Å². The van der Waals surface area contributed by atoms with Gasteiger partial charge in [-0.1, -0.05) is 0 Å². The highest BCUT2D eigenvalue weighted by molar-refractivity contribution is 5.94. The van der Waals surface area contributed by atoms with E-state index in [1.807, 2.05) is 0 Å². The number of aromatic nitrogens is 1. The minimum atomic E-state index is -4.25. The van der Waals surface area contributed by atoms with E-state index in [2.05, 4.69) is 19.9 Å². The average molecular weight is 390 g/mol. The Morgan fingerprint density at radius 3 is 2.67 bits per heavy atom. The Morgan fingerprint density at radius 2 is 2.04 bits per heavy atom. The average Bonchev–Trinajstić information content (AvgIpc) is 3.17. The Labute approximate surface area is 154 Å². The minimum Gasteiger partial charge on any atom is -0.471 e. The number of hydrogen-bond acceptors (Lipinski definition) is 5. The van der Waals surface area contributed by atoms with Crippen molar-refractivity contribution in [1.29, 1.82) is 0 Å². The number of pyridine rings is 1. The smallest absolute Gasteiger partial charge is 0.340 e. The van der Waals surface area contributed by atoms with Crippen LogP contribution in [-0.2, 0) is 0 Å². The number of carbonyl (C=O) groups is 1. The van der Waals surface area contributed by atoms with Crippen molar-refractivity contribution in [2.45, 2.75) is 24.8 Å². The van der Waals surface area contributed by atoms with E-state index in [1.54, 1.807) is 4.90 Å². The summed E-state index contributed by atoms with van der Waals surface area (Å²) < 4.78 is 54.6. The third kappa shape index (κ3) is 4.86. The summed E-state index contributed by atoms with van der Waals surface area (Å²) in [5, 5.41) is 3.30. The maximum atomic E-state index is 12.9. The third-order valence-corrected chi connectivity index (χ3v) is 4.83. The van der Waals surface area contributed by atoms with Gasteiger partial charge in [0, 0.05) is 57.6 Å². The molecule has 2 aliphatic rings. The summed E-state index contributed by atoms with van der Waals surface area (Å²) in [7, 11) is 0. The molecule has 0 saturated carbocycles. The van der Waals surface area contributed by atoms with Crippen LogP contribution in [0, 0.1) is 0 Å². The Balaban J connectivity index is 1.53. The molecule has 0 spiro atoms. The van der Waals surface area contributed by atoms with Gasteiger partial charge in [-0.25, -0.2) is 13.8 Å². The van der Waals surface area contributed by atoms with Crippen LogP contribution >= 0.6 is 0 Å². The number of amides is 1. The molecule has 2 fully saturated rings. The molecule has 1 amide bonds. The van der Waals surface area contributed by atoms with Crippen LogP contribution in [-0.4, -0.2) is 85.0 Å². The lowest BCUT2D eigenvalue weighted by molar-refractivity contribution is -0.148. The number of carbonyl (C=O) groups excluding carboxylic acids is 1. The van der Waals surface area contributed by atoms with Crippen LogP contribution < -0.4 is 10.1 Å². The fraction of sp³-hybridized carbons (Fsp3) is 0.647. The molecule has 27 heavy (non-hydrogen) atoms. The van der Waals surface area contributed by atoms with Gasteiger partial charge in [0.1, 0.15) is 0 Å². The predicted octanol–water partition coefficient (Wildman–Crippen LogP) is 1.48. The van der Waals surface area contributed by atoms with Gasteiger partial charge in [-0.15, -0.1) is 0 Å². The van der Waals surface area contributed by atoms with Crippen LogP contribution in [0.15, 0.2) is 18.3 Å². The van der Waals surface area contributed by atoms with Crippen molar-refractivity contribution in [2.75, 3.05) is 45.9 Å². The van der Waals surface area contributed by atoms with E-state index in [9.17, 15) is 22.4 Å². The van der Waals surface area contributed by atoms with Crippen molar-refractivity contribution >= 4 is 5.91 Å². The topological polar surface area (TPSA) is 57.7 Å². The van der Waals surface area contributed by atoms with Gasteiger partial charge < -0.3 is 15.0 Å². The van der Waals surface area contributed by atoms with E-state index in [4.69, 9.17) is 0 Å². The Morgan fingerprint density at radius 1 is 1.30 bits per heavy atom. The van der Waals surface area contributed by atoms with Gasteiger partial charge in [0.25, 0.3) is 5.91 Å². The number of hydrogen-bond donors (Lipinski definition) is 1. The van der Waals surface area contributed by atoms with Gasteiger partial charge in [-0.3, -0.25) is 9.69 Å². The lowest BCUT2D eigenvalue weighted by atomic mass is 10.2. The number of alkyl halides is 4. The van der Waals surface area contributed by atoms with Crippen LogP contribution in [0.25, 0.3) is 0 Å². The number of nitrogens with one attached hydrogen (secondary N) is 1. The molecule has 2 saturated heterocycles. The number of rotatable bonds is 6. The summed E-state index contributed by atoms with van der Waals surface area (Å²) >= 11 is 0. The standard InChI is InChI=1S/C17H22F4N4O2/c18-16(19)17(20,21)11-27-14-2-1-12(9-23-14)15(26)25-6-3-13(10-25)24-7-4-22-5-8-24/h1-2,9,13,16,22H,3-8,10-11H2. The first kappa shape index (κ1) is 19.8. The molecule has 10 heteroatoms. The van der Waals surface area contributed by atoms with Gasteiger partial charge >= 0.3 is 12.3 Å². The van der Waals surface area contributed by atoms with Crippen molar-refractivity contribution in [3.8, 4) is 5.88 Å². The zero-order valence-corrected chi connectivity index (χ0v) is 14.7. The summed E-state index contributed by atoms with van der Waals surface area (Å²) in [5.41, 5.74) is 0.309. The highest BCUT2D eigenvalue weighted by atomic mass is 19.3. The Kier molecular flexibility index (Phi) is 6.15. The molecule has 1 N–H and O–H groups in total. The molecule has 6 nitrogen and oxygen atoms in total. The quantitative estimate of drug-likeness (QED) is 0.746. The van der Waals surface area contributed by atoms with E-state index in [0.717, 1.165) is 32.6 Å². The van der Waals surface area contributed by atoms with E-state index in [0.29, 0.717) is 24.7 Å². The van der Waals surface area contributed by atoms with E-state index >= 15 is 0 Å². The fourth-order valence-electron chi connectivity index (χ4n) is 3.28. The zero-order valence-electron chi connectivity index (χ0n) is 14.7. The van der Waals surface area contributed by atoms with Gasteiger partial charge in [-0.05, 0) is 12.5 Å². The summed E-state index contributed by atoms with van der Waals surface area (Å²) in [5.74, 6) is -4.67. The monoisotopic (exact) mass is 390 g/mol. The SMILES string of the molecule is O=C(c1ccc(OCC(F)(F)C(F)F)nc1)N1CCC(N2CCNCC2)C1. The normalized spacial score (nSPS) is 21.7. The number of ether oxygens (including phenoxy) is 1. The third-order valence-electron chi connectivity index (χ3n) is 4.83. The highest BCUT2D eigenvalue weighted by Gasteiger charge is 2.41. The number of likely N-dealkylation sites (tertiary alicyclic amines) is 1. The molecule has 0 aromatic carbocycles. The first-order valence-electron chi connectivity index (χ1n) is 8.86. The van der Waals surface area contributed by atoms with Crippen LogP contribution in [0.3, 0.4) is 0 Å². The molecular weight excluding hydrogens is 368 g/mol. The van der Waals surface area contributed by atoms with Crippen molar-refractivity contribution in [3.63, 3.8) is 0 Å². The summed E-state index contributed by atoms with van der Waals surface area (Å²) in [6, 6.07) is 2.98. The van der Waals surface area contributed by atoms with Gasteiger partial charge in [0.2, 0.25) is 5.88 Å². The molecule has 0 bridgehead atoms. The molecule has 150 valence electrons. The number of nitrogens with zero attached hydrogens (tertiary/aromatic N) is 3. The Hall–Kier alpha value is -1.94. The summed E-state index contributed by atoms with van der Waals surface area (Å²) in [6.45, 7) is 3.63. The van der Waals surface area contributed by atoms with E-state index < -0.39 is 19.0 Å². The first-order chi connectivity index (χ1) is 12.9. The number of piperazine rings is 1. The largest absolute Gasteiger partial charge is 0.471 e. The van der Waals surface area contributed by atoms with Crippen molar-refractivity contribution < 1.29 is 27.1 Å². The van der Waals surface area contributed by atoms with Crippen molar-refractivity contribution in [1.82, 2.24) is 20.1 Å². The molecule has 3 rings (SSSR count). The second-order valence-electron chi connectivity index (χ2n) is 6.72. The summed E-state index contributed by atoms with van der Waals surface area (Å²) in [6.07, 6.45) is -1.68. The molecule has 1 atom stereocenters. The molecule has 3 heterocycles. The molecule has 0 radical (unpaired) electrons. The maximum absolute atomic E-state index is 12.9. The second kappa shape index (κ2) is 8.39. The Bertz CT molecular complexity index is 638. The minimum absolute atomic E-state index is 0.190. The molecule has 1 unspecified atom stereocenters. The lowest BCUT2D eigenvalue weighted by Crippen LogP contribution is -2.49. The van der Waals surface area contributed by atoms with Crippen LogP contribution in [0.1, 0.15) is 16.8 Å². The van der Waals surface area contributed by atoms with E-state index in [1.165, 1.54) is 18.3 Å². The molecule has 1 aromatic rings. The van der Waals surface area contributed by atoms with Gasteiger partial charge in [0.05, 0.1) is 5.56 Å². The molecule has 2 aliphatic heterocycles. The highest BCUT2D eigenvalue weighted by Crippen LogP contribution is 2.24. The van der Waals surface area contributed by atoms with E-state index in [-0.39, 0.29) is 11.8 Å². The molecule has 1 aromatic heterocycles. The van der Waals surface area contributed by atoms with Crippen LogP contribution in [0.5, 0.6) is 5.88 Å². The zero-order chi connectivity index (χ0) is 19.4. The lowest BCUT2D eigenvalue weighted by Gasteiger charge is -2.32. The number of halogens is 4. The van der Waals surface area contributed by atoms with Crippen LogP contribution in [0.2, 0.25) is 0 Å².